The second-order valence-corrected chi connectivity index (χ2v) is 12.0. The number of aliphatic hydroxyl groups is 2. The molecule has 2 fully saturated rings. The molecule has 8 heteroatoms. The average Bonchev–Trinajstić information content (AvgIpc) is 3.58. The number of hydrogen-bond acceptors (Lipinski definition) is 8. The van der Waals surface area contributed by atoms with E-state index < -0.39 is 17.8 Å². The third kappa shape index (κ3) is 3.95. The zero-order valence-corrected chi connectivity index (χ0v) is 22.1. The van der Waals surface area contributed by atoms with Crippen LogP contribution in [0.4, 0.5) is 5.69 Å². The molecule has 206 valence electrons. The standard InChI is InChI=1S/C31H35NO7/c1-31(35)14-4-7-20-24-22(39-30(20)31)15-23-26(29(24)37-18-5-2-3-6-18)27(34)25-19(12-13-21(33)28(25)38-23)16-8-10-17(32-36)11-9-16/h8-11,15,18-21,30,32-33,35-36H,2-7,12-14H2,1H3. The lowest BCUT2D eigenvalue weighted by molar-refractivity contribution is -0.0725. The van der Waals surface area contributed by atoms with E-state index in [2.05, 4.69) is 5.48 Å². The first-order valence-electron chi connectivity index (χ1n) is 14.3. The molecule has 2 saturated carbocycles. The van der Waals surface area contributed by atoms with Crippen molar-refractivity contribution in [3.63, 3.8) is 0 Å². The highest BCUT2D eigenvalue weighted by molar-refractivity contribution is 5.89. The van der Waals surface area contributed by atoms with Crippen molar-refractivity contribution in [1.82, 2.24) is 0 Å². The molecule has 5 atom stereocenters. The first kappa shape index (κ1) is 24.9. The van der Waals surface area contributed by atoms with Gasteiger partial charge in [-0.1, -0.05) is 12.1 Å². The van der Waals surface area contributed by atoms with Gasteiger partial charge in [0.15, 0.2) is 0 Å². The maximum Gasteiger partial charge on any atom is 0.200 e. The molecule has 1 aliphatic heterocycles. The van der Waals surface area contributed by atoms with Crippen LogP contribution in [0.3, 0.4) is 0 Å². The van der Waals surface area contributed by atoms with Gasteiger partial charge in [0, 0.05) is 29.0 Å². The van der Waals surface area contributed by atoms with E-state index in [0.717, 1.165) is 49.7 Å². The van der Waals surface area contributed by atoms with Crippen molar-refractivity contribution in [3.05, 3.63) is 63.0 Å². The van der Waals surface area contributed by atoms with Gasteiger partial charge >= 0.3 is 0 Å². The van der Waals surface area contributed by atoms with E-state index in [0.29, 0.717) is 58.7 Å². The van der Waals surface area contributed by atoms with Gasteiger partial charge < -0.3 is 24.1 Å². The largest absolute Gasteiger partial charge is 0.489 e. The molecule has 8 nitrogen and oxygen atoms in total. The van der Waals surface area contributed by atoms with Gasteiger partial charge in [-0.15, -0.1) is 0 Å². The van der Waals surface area contributed by atoms with Gasteiger partial charge in [-0.05, 0) is 82.4 Å². The normalized spacial score (nSPS) is 29.9. The summed E-state index contributed by atoms with van der Waals surface area (Å²) in [7, 11) is 0. The van der Waals surface area contributed by atoms with Crippen LogP contribution >= 0.6 is 0 Å². The molecule has 0 saturated heterocycles. The summed E-state index contributed by atoms with van der Waals surface area (Å²) in [6, 6.07) is 9.05. The van der Waals surface area contributed by atoms with Crippen molar-refractivity contribution >= 4 is 16.7 Å². The molecule has 1 aromatic heterocycles. The summed E-state index contributed by atoms with van der Waals surface area (Å²) in [6.45, 7) is 1.83. The quantitative estimate of drug-likeness (QED) is 0.317. The molecule has 5 unspecified atom stereocenters. The van der Waals surface area contributed by atoms with Crippen molar-refractivity contribution < 1.29 is 29.3 Å². The fraction of sp³-hybridized carbons (Fsp3) is 0.516. The monoisotopic (exact) mass is 533 g/mol. The minimum absolute atomic E-state index is 0.0122. The maximum absolute atomic E-state index is 14.5. The smallest absolute Gasteiger partial charge is 0.200 e. The Morgan fingerprint density at radius 1 is 1.03 bits per heavy atom. The highest BCUT2D eigenvalue weighted by Gasteiger charge is 2.50. The van der Waals surface area contributed by atoms with Gasteiger partial charge in [0.1, 0.15) is 40.4 Å². The lowest BCUT2D eigenvalue weighted by Gasteiger charge is -2.37. The molecule has 4 aliphatic rings. The van der Waals surface area contributed by atoms with Crippen LogP contribution in [0.1, 0.15) is 105 Å². The third-order valence-electron chi connectivity index (χ3n) is 9.41. The summed E-state index contributed by atoms with van der Waals surface area (Å²) in [6.07, 6.45) is 6.19. The summed E-state index contributed by atoms with van der Waals surface area (Å²) in [5, 5.41) is 31.8. The Morgan fingerprint density at radius 3 is 2.54 bits per heavy atom. The number of fused-ring (bicyclic) bond motifs is 5. The number of nitrogens with one attached hydrogen (secondary N) is 1. The Kier molecular flexibility index (Phi) is 5.91. The van der Waals surface area contributed by atoms with Crippen molar-refractivity contribution in [2.45, 2.75) is 100 Å². The van der Waals surface area contributed by atoms with E-state index in [-0.39, 0.29) is 23.4 Å². The minimum atomic E-state index is -0.980. The van der Waals surface area contributed by atoms with E-state index >= 15 is 0 Å². The zero-order valence-electron chi connectivity index (χ0n) is 22.1. The molecule has 0 radical (unpaired) electrons. The topological polar surface area (TPSA) is 121 Å². The number of ether oxygens (including phenoxy) is 2. The van der Waals surface area contributed by atoms with Crippen LogP contribution in [0.25, 0.3) is 11.0 Å². The number of aliphatic hydroxyl groups excluding tert-OH is 1. The van der Waals surface area contributed by atoms with E-state index in [1.807, 2.05) is 19.1 Å². The predicted octanol–water partition coefficient (Wildman–Crippen LogP) is 5.65. The van der Waals surface area contributed by atoms with E-state index in [1.165, 1.54) is 0 Å². The fourth-order valence-corrected chi connectivity index (χ4v) is 7.44. The van der Waals surface area contributed by atoms with Crippen LogP contribution in [0.5, 0.6) is 11.5 Å². The molecule has 2 aromatic carbocycles. The molecule has 7 rings (SSSR count). The van der Waals surface area contributed by atoms with Gasteiger partial charge in [-0.2, -0.15) is 0 Å². The van der Waals surface area contributed by atoms with E-state index in [1.54, 1.807) is 18.2 Å². The van der Waals surface area contributed by atoms with Gasteiger partial charge in [0.2, 0.25) is 5.43 Å². The highest BCUT2D eigenvalue weighted by Crippen LogP contribution is 2.55. The SMILES string of the molecule is CC1(O)CCCC2c3c(cc4oc5c(c(=O)c4c3OC3CCCC3)C(c3ccc(NO)cc3)CCC5O)OC21. The molecule has 2 heterocycles. The van der Waals surface area contributed by atoms with Crippen LogP contribution in [0.15, 0.2) is 39.5 Å². The molecular formula is C31H35NO7. The fourth-order valence-electron chi connectivity index (χ4n) is 7.44. The number of anilines is 1. The summed E-state index contributed by atoms with van der Waals surface area (Å²) in [4.78, 5) is 14.5. The van der Waals surface area contributed by atoms with Crippen LogP contribution in [0.2, 0.25) is 0 Å². The van der Waals surface area contributed by atoms with Gasteiger partial charge in [0.25, 0.3) is 0 Å². The van der Waals surface area contributed by atoms with Crippen LogP contribution in [0, 0.1) is 0 Å². The van der Waals surface area contributed by atoms with Crippen molar-refractivity contribution in [2.24, 2.45) is 0 Å². The van der Waals surface area contributed by atoms with Crippen molar-refractivity contribution in [1.29, 1.82) is 0 Å². The molecule has 0 spiro atoms. The maximum atomic E-state index is 14.5. The molecule has 0 amide bonds. The number of benzene rings is 2. The van der Waals surface area contributed by atoms with Crippen LogP contribution in [-0.2, 0) is 0 Å². The Bertz CT molecular complexity index is 1470. The van der Waals surface area contributed by atoms with Gasteiger partial charge in [-0.25, -0.2) is 0 Å². The lowest BCUT2D eigenvalue weighted by Crippen LogP contribution is -2.47. The Balaban J connectivity index is 1.45. The second-order valence-electron chi connectivity index (χ2n) is 12.0. The summed E-state index contributed by atoms with van der Waals surface area (Å²) >= 11 is 0. The minimum Gasteiger partial charge on any atom is -0.489 e. The summed E-state index contributed by atoms with van der Waals surface area (Å²) in [5.41, 5.74) is 4.15. The van der Waals surface area contributed by atoms with Crippen molar-refractivity contribution in [3.8, 4) is 11.5 Å². The molecule has 39 heavy (non-hydrogen) atoms. The first-order chi connectivity index (χ1) is 18.9. The van der Waals surface area contributed by atoms with Gasteiger partial charge in [0.05, 0.1) is 17.4 Å². The van der Waals surface area contributed by atoms with Crippen LogP contribution in [-0.4, -0.2) is 33.2 Å². The third-order valence-corrected chi connectivity index (χ3v) is 9.41. The zero-order chi connectivity index (χ0) is 26.9. The molecule has 3 aromatic rings. The van der Waals surface area contributed by atoms with Gasteiger partial charge in [-0.3, -0.25) is 15.5 Å². The van der Waals surface area contributed by atoms with Crippen LogP contribution < -0.4 is 20.4 Å². The Labute approximate surface area is 226 Å². The first-order valence-corrected chi connectivity index (χ1v) is 14.3. The molecule has 0 bridgehead atoms. The molecule has 4 N–H and O–H groups in total. The van der Waals surface area contributed by atoms with E-state index in [4.69, 9.17) is 13.9 Å². The second kappa shape index (κ2) is 9.25. The molecule has 3 aliphatic carbocycles. The van der Waals surface area contributed by atoms with E-state index in [9.17, 15) is 20.2 Å². The summed E-state index contributed by atoms with van der Waals surface area (Å²) < 4.78 is 19.5. The molecular weight excluding hydrogens is 498 g/mol. The van der Waals surface area contributed by atoms with Crippen molar-refractivity contribution in [2.75, 3.05) is 5.48 Å². The Morgan fingerprint density at radius 2 is 1.79 bits per heavy atom. The Hall–Kier alpha value is -3.07. The lowest BCUT2D eigenvalue weighted by atomic mass is 9.74. The average molecular weight is 534 g/mol. The predicted molar refractivity (Wildman–Crippen MR) is 145 cm³/mol. The number of hydrogen-bond donors (Lipinski definition) is 4. The number of rotatable bonds is 4. The summed E-state index contributed by atoms with van der Waals surface area (Å²) in [5.74, 6) is 1.10. The highest BCUT2D eigenvalue weighted by atomic mass is 16.5.